The number of amides is 1. The van der Waals surface area contributed by atoms with E-state index in [0.717, 1.165) is 11.1 Å². The Balaban J connectivity index is 1.74. The highest BCUT2D eigenvalue weighted by molar-refractivity contribution is 6.35. The molecule has 2 aromatic rings. The third-order valence-electron chi connectivity index (χ3n) is 3.85. The summed E-state index contributed by atoms with van der Waals surface area (Å²) < 4.78 is 5.95. The topological polar surface area (TPSA) is 65.3 Å². The van der Waals surface area contributed by atoms with Gasteiger partial charge in [-0.2, -0.15) is 0 Å². The second-order valence-corrected chi connectivity index (χ2v) is 6.20. The van der Waals surface area contributed by atoms with E-state index in [1.165, 1.54) is 6.20 Å². The molecule has 120 valence electrons. The monoisotopic (exact) mass is 352 g/mol. The number of rotatable bonds is 3. The van der Waals surface area contributed by atoms with Crippen LogP contribution in [0.25, 0.3) is 0 Å². The molecule has 1 amide bonds. The maximum absolute atomic E-state index is 12.4. The minimum atomic E-state index is -0.502. The van der Waals surface area contributed by atoms with Gasteiger partial charge in [-0.05, 0) is 36.2 Å². The summed E-state index contributed by atoms with van der Waals surface area (Å²) in [5.74, 6) is -0.522. The molecule has 0 saturated carbocycles. The number of hydrogen-bond donors (Lipinski definition) is 1. The van der Waals surface area contributed by atoms with Gasteiger partial charge in [0.2, 0.25) is 5.91 Å². The van der Waals surface area contributed by atoms with Crippen LogP contribution in [0.5, 0.6) is 5.88 Å². The molecule has 0 fully saturated rings. The third-order valence-corrected chi connectivity index (χ3v) is 4.40. The third kappa shape index (κ3) is 3.07. The summed E-state index contributed by atoms with van der Waals surface area (Å²) in [6, 6.07) is 6.76. The Labute approximate surface area is 143 Å². The van der Waals surface area contributed by atoms with E-state index in [2.05, 4.69) is 5.32 Å². The second kappa shape index (κ2) is 6.26. The van der Waals surface area contributed by atoms with E-state index in [4.69, 9.17) is 27.9 Å². The standard InChI is InChI=1S/C16H14Cl2N2O3/c1-9-5-10(17)6-14(18)12(9)7-19-15(21)13-8-23-16-11(13)3-2-4-20(16)22/h2-6,13H,7-8H2,1H3,(H,19,21). The van der Waals surface area contributed by atoms with E-state index in [9.17, 15) is 10.0 Å². The van der Waals surface area contributed by atoms with Crippen LogP contribution in [0.15, 0.2) is 30.5 Å². The fourth-order valence-electron chi connectivity index (χ4n) is 2.63. The smallest absolute Gasteiger partial charge is 0.383 e. The lowest BCUT2D eigenvalue weighted by atomic mass is 10.0. The largest absolute Gasteiger partial charge is 0.616 e. The molecule has 2 heterocycles. The number of nitrogens with zero attached hydrogens (tertiary/aromatic N) is 1. The van der Waals surface area contributed by atoms with Crippen molar-refractivity contribution in [1.29, 1.82) is 0 Å². The second-order valence-electron chi connectivity index (χ2n) is 5.36. The van der Waals surface area contributed by atoms with E-state index in [-0.39, 0.29) is 24.9 Å². The van der Waals surface area contributed by atoms with Crippen molar-refractivity contribution in [2.75, 3.05) is 6.61 Å². The van der Waals surface area contributed by atoms with Gasteiger partial charge < -0.3 is 15.3 Å². The number of benzene rings is 1. The van der Waals surface area contributed by atoms with Gasteiger partial charge in [0.1, 0.15) is 12.5 Å². The molecule has 1 unspecified atom stereocenters. The van der Waals surface area contributed by atoms with E-state index >= 15 is 0 Å². The highest BCUT2D eigenvalue weighted by atomic mass is 35.5. The minimum Gasteiger partial charge on any atom is -0.616 e. The van der Waals surface area contributed by atoms with E-state index < -0.39 is 5.92 Å². The average Bonchev–Trinajstić information content (AvgIpc) is 2.91. The lowest BCUT2D eigenvalue weighted by molar-refractivity contribution is -0.611. The molecule has 1 aliphatic heterocycles. The molecule has 23 heavy (non-hydrogen) atoms. The van der Waals surface area contributed by atoms with Crippen LogP contribution in [-0.2, 0) is 11.3 Å². The van der Waals surface area contributed by atoms with Crippen molar-refractivity contribution in [3.05, 3.63) is 62.4 Å². The Morgan fingerprint density at radius 1 is 1.48 bits per heavy atom. The Bertz CT molecular complexity index is 757. The molecule has 0 bridgehead atoms. The van der Waals surface area contributed by atoms with Crippen LogP contribution in [0.4, 0.5) is 0 Å². The molecule has 5 nitrogen and oxygen atoms in total. The summed E-state index contributed by atoms with van der Waals surface area (Å²) in [4.78, 5) is 12.4. The van der Waals surface area contributed by atoms with Gasteiger partial charge >= 0.3 is 5.88 Å². The quantitative estimate of drug-likeness (QED) is 0.682. The molecular weight excluding hydrogens is 339 g/mol. The van der Waals surface area contributed by atoms with Crippen LogP contribution < -0.4 is 14.8 Å². The fraction of sp³-hybridized carbons (Fsp3) is 0.250. The van der Waals surface area contributed by atoms with E-state index in [1.54, 1.807) is 24.3 Å². The molecule has 1 aromatic carbocycles. The van der Waals surface area contributed by atoms with Gasteiger partial charge in [0.25, 0.3) is 0 Å². The summed E-state index contributed by atoms with van der Waals surface area (Å²) in [5.41, 5.74) is 2.32. The van der Waals surface area contributed by atoms with Crippen molar-refractivity contribution in [2.45, 2.75) is 19.4 Å². The molecule has 0 aliphatic carbocycles. The summed E-state index contributed by atoms with van der Waals surface area (Å²) in [6.45, 7) is 2.32. The lowest BCUT2D eigenvalue weighted by Crippen LogP contribution is -2.30. The predicted octanol–water partition coefficient (Wildman–Crippen LogP) is 2.73. The molecule has 1 N–H and O–H groups in total. The lowest BCUT2D eigenvalue weighted by Gasteiger charge is -2.13. The predicted molar refractivity (Wildman–Crippen MR) is 86.7 cm³/mol. The Kier molecular flexibility index (Phi) is 4.33. The van der Waals surface area contributed by atoms with Crippen LogP contribution in [0.3, 0.4) is 0 Å². The maximum Gasteiger partial charge on any atom is 0.383 e. The summed E-state index contributed by atoms with van der Waals surface area (Å²) in [6.07, 6.45) is 1.34. The summed E-state index contributed by atoms with van der Waals surface area (Å²) in [7, 11) is 0. The first-order valence-corrected chi connectivity index (χ1v) is 7.80. The number of carbonyl (C=O) groups is 1. The first-order valence-electron chi connectivity index (χ1n) is 7.04. The number of nitrogens with one attached hydrogen (secondary N) is 1. The van der Waals surface area contributed by atoms with Crippen molar-refractivity contribution < 1.29 is 14.3 Å². The molecule has 7 heteroatoms. The van der Waals surface area contributed by atoms with Gasteiger partial charge in [-0.15, -0.1) is 4.73 Å². The van der Waals surface area contributed by atoms with Crippen LogP contribution in [0, 0.1) is 12.1 Å². The van der Waals surface area contributed by atoms with Crippen LogP contribution in [0.2, 0.25) is 10.0 Å². The zero-order valence-electron chi connectivity index (χ0n) is 12.3. The van der Waals surface area contributed by atoms with Crippen LogP contribution in [0.1, 0.15) is 22.6 Å². The number of ether oxygens (including phenoxy) is 1. The van der Waals surface area contributed by atoms with Crippen LogP contribution in [-0.4, -0.2) is 12.5 Å². The van der Waals surface area contributed by atoms with Crippen molar-refractivity contribution in [3.8, 4) is 5.88 Å². The molecule has 0 spiro atoms. The molecule has 0 radical (unpaired) electrons. The highest BCUT2D eigenvalue weighted by Gasteiger charge is 2.35. The zero-order valence-corrected chi connectivity index (χ0v) is 13.8. The van der Waals surface area contributed by atoms with Gasteiger partial charge in [0.05, 0.1) is 5.56 Å². The Hall–Kier alpha value is -1.98. The number of aromatic nitrogens is 1. The minimum absolute atomic E-state index is 0.154. The zero-order chi connectivity index (χ0) is 16.6. The number of hydrogen-bond acceptors (Lipinski definition) is 3. The van der Waals surface area contributed by atoms with Gasteiger partial charge in [-0.3, -0.25) is 4.79 Å². The first-order chi connectivity index (χ1) is 11.0. The highest BCUT2D eigenvalue weighted by Crippen LogP contribution is 2.31. The number of pyridine rings is 1. The molecule has 0 saturated heterocycles. The number of halogens is 2. The van der Waals surface area contributed by atoms with Gasteiger partial charge in [-0.1, -0.05) is 23.2 Å². The number of aryl methyl sites for hydroxylation is 1. The average molecular weight is 353 g/mol. The number of carbonyl (C=O) groups excluding carboxylic acids is 1. The van der Waals surface area contributed by atoms with Crippen molar-refractivity contribution in [1.82, 2.24) is 5.32 Å². The van der Waals surface area contributed by atoms with Crippen molar-refractivity contribution >= 4 is 29.1 Å². The SMILES string of the molecule is Cc1cc(Cl)cc(Cl)c1CNC(=O)C1COc2c1ccc[n+]2[O-]. The van der Waals surface area contributed by atoms with Crippen molar-refractivity contribution in [2.24, 2.45) is 0 Å². The molecule has 1 aromatic heterocycles. The van der Waals surface area contributed by atoms with E-state index in [0.29, 0.717) is 20.3 Å². The number of fused-ring (bicyclic) bond motifs is 1. The molecule has 1 aliphatic rings. The van der Waals surface area contributed by atoms with Gasteiger partial charge in [0.15, 0.2) is 6.20 Å². The summed E-state index contributed by atoms with van der Waals surface area (Å²) >= 11 is 12.1. The van der Waals surface area contributed by atoms with Crippen LogP contribution >= 0.6 is 23.2 Å². The first kappa shape index (κ1) is 15.9. The maximum atomic E-state index is 12.4. The summed E-state index contributed by atoms with van der Waals surface area (Å²) in [5, 5.41) is 15.5. The van der Waals surface area contributed by atoms with Gasteiger partial charge in [0, 0.05) is 22.7 Å². The Morgan fingerprint density at radius 3 is 3.00 bits per heavy atom. The molecular formula is C16H14Cl2N2O3. The van der Waals surface area contributed by atoms with Crippen molar-refractivity contribution in [3.63, 3.8) is 0 Å². The molecule has 1 atom stereocenters. The fourth-order valence-corrected chi connectivity index (χ4v) is 3.29. The molecule has 3 rings (SSSR count). The normalized spacial score (nSPS) is 15.9. The van der Waals surface area contributed by atoms with E-state index in [1.807, 2.05) is 6.92 Å². The van der Waals surface area contributed by atoms with Gasteiger partial charge in [-0.25, -0.2) is 0 Å². The Morgan fingerprint density at radius 2 is 2.26 bits per heavy atom.